The zero-order chi connectivity index (χ0) is 15.1. The molecule has 1 fully saturated rings. The third-order valence-electron chi connectivity index (χ3n) is 5.50. The second kappa shape index (κ2) is 5.49. The van der Waals surface area contributed by atoms with Gasteiger partial charge in [-0.05, 0) is 42.4 Å². The summed E-state index contributed by atoms with van der Waals surface area (Å²) in [6.07, 6.45) is 2.69. The van der Waals surface area contributed by atoms with Crippen LogP contribution in [0.2, 0.25) is 0 Å². The van der Waals surface area contributed by atoms with E-state index in [0.717, 1.165) is 6.61 Å². The van der Waals surface area contributed by atoms with Crippen LogP contribution in [0.4, 0.5) is 5.69 Å². The van der Waals surface area contributed by atoms with E-state index in [2.05, 4.69) is 70.1 Å². The van der Waals surface area contributed by atoms with Crippen molar-refractivity contribution < 1.29 is 4.74 Å². The Labute approximate surface area is 128 Å². The molecule has 2 aliphatic rings. The molecule has 2 heteroatoms. The summed E-state index contributed by atoms with van der Waals surface area (Å²) in [6, 6.07) is 8.86. The topological polar surface area (TPSA) is 12.5 Å². The number of hydrogen-bond acceptors (Lipinski definition) is 2. The van der Waals surface area contributed by atoms with Crippen molar-refractivity contribution in [1.82, 2.24) is 0 Å². The highest BCUT2D eigenvalue weighted by atomic mass is 16.5. The number of benzene rings is 1. The van der Waals surface area contributed by atoms with Crippen LogP contribution in [0.5, 0.6) is 0 Å². The third kappa shape index (κ3) is 2.50. The molecule has 3 rings (SSSR count). The zero-order valence-electron chi connectivity index (χ0n) is 13.8. The van der Waals surface area contributed by atoms with Gasteiger partial charge in [0.15, 0.2) is 0 Å². The SMILES string of the molecule is CC1=C[C@@H](C)[C@@H]2CO[C@@H](c3ccc(N(C)C)cc3)[C@H]1[C@H]2C. The Balaban J connectivity index is 1.90. The number of fused-ring (bicyclic) bond motifs is 2. The molecular formula is C19H27NO. The van der Waals surface area contributed by atoms with Crippen LogP contribution in [-0.4, -0.2) is 20.7 Å². The first kappa shape index (κ1) is 14.6. The molecule has 0 saturated carbocycles. The first-order valence-corrected chi connectivity index (χ1v) is 8.06. The highest BCUT2D eigenvalue weighted by Gasteiger charge is 2.43. The van der Waals surface area contributed by atoms with Crippen LogP contribution in [0.15, 0.2) is 35.9 Å². The van der Waals surface area contributed by atoms with Crippen molar-refractivity contribution in [2.24, 2.45) is 23.7 Å². The minimum Gasteiger partial charge on any atom is -0.378 e. The number of allylic oxidation sites excluding steroid dienone is 1. The van der Waals surface area contributed by atoms with Crippen molar-refractivity contribution in [3.63, 3.8) is 0 Å². The van der Waals surface area contributed by atoms with Gasteiger partial charge in [0.05, 0.1) is 12.7 Å². The molecule has 2 nitrogen and oxygen atoms in total. The lowest BCUT2D eigenvalue weighted by Crippen LogP contribution is -2.42. The van der Waals surface area contributed by atoms with Gasteiger partial charge in [-0.1, -0.05) is 37.6 Å². The smallest absolute Gasteiger partial charge is 0.0892 e. The van der Waals surface area contributed by atoms with Gasteiger partial charge < -0.3 is 9.64 Å². The fraction of sp³-hybridized carbons (Fsp3) is 0.579. The summed E-state index contributed by atoms with van der Waals surface area (Å²) in [5, 5.41) is 0. The monoisotopic (exact) mass is 285 g/mol. The molecule has 114 valence electrons. The summed E-state index contributed by atoms with van der Waals surface area (Å²) < 4.78 is 6.29. The second-order valence-corrected chi connectivity index (χ2v) is 7.06. The molecule has 1 saturated heterocycles. The molecule has 0 radical (unpaired) electrons. The molecular weight excluding hydrogens is 258 g/mol. The number of hydrogen-bond donors (Lipinski definition) is 0. The summed E-state index contributed by atoms with van der Waals surface area (Å²) in [5.74, 6) is 2.56. The molecule has 0 amide bonds. The number of rotatable bonds is 2. The van der Waals surface area contributed by atoms with Crippen LogP contribution < -0.4 is 4.90 Å². The molecule has 1 aliphatic carbocycles. The molecule has 1 aliphatic heterocycles. The number of nitrogens with zero attached hydrogens (tertiary/aromatic N) is 1. The Kier molecular flexibility index (Phi) is 3.83. The van der Waals surface area contributed by atoms with Gasteiger partial charge in [-0.25, -0.2) is 0 Å². The fourth-order valence-electron chi connectivity index (χ4n) is 4.21. The Morgan fingerprint density at radius 1 is 1.10 bits per heavy atom. The fourth-order valence-corrected chi connectivity index (χ4v) is 4.21. The average Bonchev–Trinajstić information content (AvgIpc) is 2.44. The van der Waals surface area contributed by atoms with Crippen LogP contribution in [-0.2, 0) is 4.74 Å². The van der Waals surface area contributed by atoms with Crippen LogP contribution in [0.3, 0.4) is 0 Å². The van der Waals surface area contributed by atoms with Crippen molar-refractivity contribution in [3.05, 3.63) is 41.5 Å². The molecule has 0 unspecified atom stereocenters. The predicted molar refractivity (Wildman–Crippen MR) is 88.5 cm³/mol. The summed E-state index contributed by atoms with van der Waals surface area (Å²) in [7, 11) is 4.16. The summed E-state index contributed by atoms with van der Waals surface area (Å²) in [4.78, 5) is 2.14. The maximum atomic E-state index is 6.29. The minimum absolute atomic E-state index is 0.219. The standard InChI is InChI=1S/C19H27NO/c1-12-10-13(2)18-14(3)17(12)11-21-19(18)15-6-8-16(9-7-15)20(4)5/h6-10,12,14,17-19H,11H2,1-5H3/t12-,14+,17+,18-,19+/m1/s1. The maximum Gasteiger partial charge on any atom is 0.0892 e. The van der Waals surface area contributed by atoms with Crippen molar-refractivity contribution in [1.29, 1.82) is 0 Å². The van der Waals surface area contributed by atoms with Crippen molar-refractivity contribution in [3.8, 4) is 0 Å². The van der Waals surface area contributed by atoms with Crippen LogP contribution in [0.1, 0.15) is 32.4 Å². The van der Waals surface area contributed by atoms with E-state index in [1.165, 1.54) is 16.8 Å². The highest BCUT2D eigenvalue weighted by Crippen LogP contribution is 2.49. The first-order valence-electron chi connectivity index (χ1n) is 8.06. The Bertz CT molecular complexity index is 531. The average molecular weight is 285 g/mol. The van der Waals surface area contributed by atoms with Crippen molar-refractivity contribution in [2.75, 3.05) is 25.6 Å². The van der Waals surface area contributed by atoms with E-state index in [0.29, 0.717) is 23.7 Å². The van der Waals surface area contributed by atoms with Gasteiger partial charge in [-0.15, -0.1) is 0 Å². The Morgan fingerprint density at radius 3 is 2.38 bits per heavy atom. The summed E-state index contributed by atoms with van der Waals surface area (Å²) in [6.45, 7) is 7.91. The summed E-state index contributed by atoms with van der Waals surface area (Å²) in [5.41, 5.74) is 4.07. The molecule has 0 spiro atoms. The number of anilines is 1. The Hall–Kier alpha value is -1.28. The largest absolute Gasteiger partial charge is 0.378 e. The lowest BCUT2D eigenvalue weighted by Gasteiger charge is -2.47. The van der Waals surface area contributed by atoms with Gasteiger partial charge in [0.2, 0.25) is 0 Å². The Morgan fingerprint density at radius 2 is 1.76 bits per heavy atom. The van der Waals surface area contributed by atoms with Gasteiger partial charge in [0.1, 0.15) is 0 Å². The highest BCUT2D eigenvalue weighted by molar-refractivity contribution is 5.46. The predicted octanol–water partition coefficient (Wildman–Crippen LogP) is 4.29. The molecule has 21 heavy (non-hydrogen) atoms. The summed E-state index contributed by atoms with van der Waals surface area (Å²) >= 11 is 0. The first-order chi connectivity index (χ1) is 9.99. The molecule has 5 atom stereocenters. The van der Waals surface area contributed by atoms with E-state index in [1.54, 1.807) is 0 Å². The molecule has 0 aromatic heterocycles. The normalized spacial score (nSPS) is 35.3. The van der Waals surface area contributed by atoms with E-state index in [9.17, 15) is 0 Å². The van der Waals surface area contributed by atoms with Crippen molar-refractivity contribution >= 4 is 5.69 Å². The molecule has 1 heterocycles. The second-order valence-electron chi connectivity index (χ2n) is 7.06. The molecule has 2 bridgehead atoms. The van der Waals surface area contributed by atoms with Gasteiger partial charge in [0, 0.05) is 25.7 Å². The molecule has 0 N–H and O–H groups in total. The zero-order valence-corrected chi connectivity index (χ0v) is 13.8. The quantitative estimate of drug-likeness (QED) is 0.752. The van der Waals surface area contributed by atoms with E-state index in [4.69, 9.17) is 4.74 Å². The van der Waals surface area contributed by atoms with Gasteiger partial charge in [-0.2, -0.15) is 0 Å². The van der Waals surface area contributed by atoms with Gasteiger partial charge in [0.25, 0.3) is 0 Å². The van der Waals surface area contributed by atoms with Gasteiger partial charge >= 0.3 is 0 Å². The van der Waals surface area contributed by atoms with E-state index >= 15 is 0 Å². The maximum absolute atomic E-state index is 6.29. The van der Waals surface area contributed by atoms with Crippen molar-refractivity contribution in [2.45, 2.75) is 26.9 Å². The lowest BCUT2D eigenvalue weighted by atomic mass is 9.64. The van der Waals surface area contributed by atoms with Crippen LogP contribution in [0.25, 0.3) is 0 Å². The minimum atomic E-state index is 0.219. The van der Waals surface area contributed by atoms with E-state index in [1.807, 2.05) is 0 Å². The lowest BCUT2D eigenvalue weighted by molar-refractivity contribution is -0.0934. The van der Waals surface area contributed by atoms with Gasteiger partial charge in [-0.3, -0.25) is 0 Å². The molecule has 1 aromatic rings. The van der Waals surface area contributed by atoms with Crippen LogP contribution in [0, 0.1) is 23.7 Å². The molecule has 1 aromatic carbocycles. The van der Waals surface area contributed by atoms with E-state index < -0.39 is 0 Å². The third-order valence-corrected chi connectivity index (χ3v) is 5.50. The van der Waals surface area contributed by atoms with E-state index in [-0.39, 0.29) is 6.10 Å². The number of ether oxygens (including phenoxy) is 1. The van der Waals surface area contributed by atoms with Crippen LogP contribution >= 0.6 is 0 Å².